The number of imidazole rings is 1. The number of benzene rings is 3. The summed E-state index contributed by atoms with van der Waals surface area (Å²) in [4.78, 5) is 19.4. The second kappa shape index (κ2) is 8.81. The molecule has 5 aromatic rings. The number of rotatable bonds is 5. The maximum Gasteiger partial charge on any atom is 0.249 e. The van der Waals surface area contributed by atoms with Crippen LogP contribution in [0.2, 0.25) is 0 Å². The van der Waals surface area contributed by atoms with Crippen LogP contribution in [0.4, 0.5) is 0 Å². The Bertz CT molecular complexity index is 1590. The van der Waals surface area contributed by atoms with E-state index in [9.17, 15) is 9.90 Å². The van der Waals surface area contributed by atoms with Crippen LogP contribution in [-0.2, 0) is 6.54 Å². The molecule has 2 N–H and O–H groups in total. The van der Waals surface area contributed by atoms with Crippen LogP contribution in [0, 0.1) is 18.3 Å². The van der Waals surface area contributed by atoms with Crippen molar-refractivity contribution in [3.8, 4) is 17.2 Å². The van der Waals surface area contributed by atoms with Crippen molar-refractivity contribution in [2.45, 2.75) is 19.6 Å². The molecule has 0 saturated heterocycles. The SMILES string of the molecule is Cc1cccc(-c2cc(=O)[nH]c3ccc(C(O)c4cncn4Cc4ccc(C#N)cc4)cc23)c1. The van der Waals surface area contributed by atoms with Crippen LogP contribution < -0.4 is 5.56 Å². The van der Waals surface area contributed by atoms with Crippen molar-refractivity contribution >= 4 is 10.9 Å². The topological polar surface area (TPSA) is 94.7 Å². The minimum atomic E-state index is -0.900. The Labute approximate surface area is 196 Å². The fourth-order valence-electron chi connectivity index (χ4n) is 4.24. The number of nitriles is 1. The first-order valence-electron chi connectivity index (χ1n) is 10.9. The molecule has 5 rings (SSSR count). The standard InChI is InChI=1S/C28H22N4O2/c1-18-3-2-4-21(11-18)23-13-27(33)31-25-10-9-22(12-24(23)25)28(34)26-15-30-17-32(26)16-20-7-5-19(14-29)6-8-20/h2-13,15,17,28,34H,16H2,1H3,(H,31,33). The molecule has 166 valence electrons. The smallest absolute Gasteiger partial charge is 0.249 e. The van der Waals surface area contributed by atoms with Crippen LogP contribution in [0.5, 0.6) is 0 Å². The summed E-state index contributed by atoms with van der Waals surface area (Å²) >= 11 is 0. The lowest BCUT2D eigenvalue weighted by molar-refractivity contribution is 0.210. The van der Waals surface area contributed by atoms with Gasteiger partial charge in [0.2, 0.25) is 5.56 Å². The zero-order valence-corrected chi connectivity index (χ0v) is 18.6. The third-order valence-corrected chi connectivity index (χ3v) is 5.97. The zero-order valence-electron chi connectivity index (χ0n) is 18.6. The molecule has 6 nitrogen and oxygen atoms in total. The quantitative estimate of drug-likeness (QED) is 0.409. The van der Waals surface area contributed by atoms with Gasteiger partial charge in [-0.3, -0.25) is 4.79 Å². The predicted molar refractivity (Wildman–Crippen MR) is 131 cm³/mol. The average molecular weight is 447 g/mol. The number of aromatic amines is 1. The molecule has 0 spiro atoms. The van der Waals surface area contributed by atoms with E-state index >= 15 is 0 Å². The van der Waals surface area contributed by atoms with Gasteiger partial charge in [0.1, 0.15) is 6.10 Å². The molecule has 0 aliphatic rings. The van der Waals surface area contributed by atoms with E-state index in [0.717, 1.165) is 27.6 Å². The highest BCUT2D eigenvalue weighted by Gasteiger charge is 2.17. The lowest BCUT2D eigenvalue weighted by Crippen LogP contribution is -2.10. The first-order chi connectivity index (χ1) is 16.5. The summed E-state index contributed by atoms with van der Waals surface area (Å²) in [5.74, 6) is 0. The number of pyridine rings is 1. The molecular formula is C28H22N4O2. The summed E-state index contributed by atoms with van der Waals surface area (Å²) < 4.78 is 1.89. The Balaban J connectivity index is 1.53. The van der Waals surface area contributed by atoms with Gasteiger partial charge in [-0.2, -0.15) is 5.26 Å². The summed E-state index contributed by atoms with van der Waals surface area (Å²) in [6, 6.07) is 24.7. The highest BCUT2D eigenvalue weighted by molar-refractivity contribution is 5.94. The molecule has 0 saturated carbocycles. The lowest BCUT2D eigenvalue weighted by atomic mass is 9.96. The third kappa shape index (κ3) is 4.13. The van der Waals surface area contributed by atoms with Gasteiger partial charge in [0, 0.05) is 23.5 Å². The van der Waals surface area contributed by atoms with Crippen molar-refractivity contribution in [3.63, 3.8) is 0 Å². The predicted octanol–water partition coefficient (Wildman–Crippen LogP) is 4.70. The van der Waals surface area contributed by atoms with Gasteiger partial charge < -0.3 is 14.7 Å². The maximum atomic E-state index is 12.3. The molecule has 0 radical (unpaired) electrons. The minimum absolute atomic E-state index is 0.169. The number of nitrogens with one attached hydrogen (secondary N) is 1. The van der Waals surface area contributed by atoms with Crippen molar-refractivity contribution in [2.24, 2.45) is 0 Å². The summed E-state index contributed by atoms with van der Waals surface area (Å²) in [5, 5.41) is 21.1. The van der Waals surface area contributed by atoms with Crippen molar-refractivity contribution < 1.29 is 5.11 Å². The van der Waals surface area contributed by atoms with Gasteiger partial charge in [-0.15, -0.1) is 0 Å². The molecule has 0 bridgehead atoms. The molecule has 0 amide bonds. The van der Waals surface area contributed by atoms with E-state index in [1.165, 1.54) is 0 Å². The fraction of sp³-hybridized carbons (Fsp3) is 0.107. The van der Waals surface area contributed by atoms with Crippen molar-refractivity contribution in [2.75, 3.05) is 0 Å². The molecule has 3 aromatic carbocycles. The Kier molecular flexibility index (Phi) is 5.54. The van der Waals surface area contributed by atoms with Crippen LogP contribution in [0.3, 0.4) is 0 Å². The molecule has 34 heavy (non-hydrogen) atoms. The van der Waals surface area contributed by atoms with Crippen LogP contribution in [0.1, 0.15) is 34.1 Å². The molecule has 6 heteroatoms. The molecule has 0 fully saturated rings. The van der Waals surface area contributed by atoms with Crippen molar-refractivity contribution in [1.82, 2.24) is 14.5 Å². The van der Waals surface area contributed by atoms with Gasteiger partial charge in [-0.25, -0.2) is 4.98 Å². The van der Waals surface area contributed by atoms with Crippen LogP contribution in [-0.4, -0.2) is 19.6 Å². The maximum absolute atomic E-state index is 12.3. The van der Waals surface area contributed by atoms with Gasteiger partial charge in [0.05, 0.1) is 29.9 Å². The highest BCUT2D eigenvalue weighted by Crippen LogP contribution is 2.31. The summed E-state index contributed by atoms with van der Waals surface area (Å²) in [5.41, 5.74) is 6.39. The first-order valence-corrected chi connectivity index (χ1v) is 10.9. The molecular weight excluding hydrogens is 424 g/mol. The van der Waals surface area contributed by atoms with E-state index in [1.807, 2.05) is 66.1 Å². The zero-order chi connectivity index (χ0) is 23.7. The Morgan fingerprint density at radius 2 is 1.91 bits per heavy atom. The van der Waals surface area contributed by atoms with Gasteiger partial charge in [0.25, 0.3) is 0 Å². The highest BCUT2D eigenvalue weighted by atomic mass is 16.3. The Morgan fingerprint density at radius 3 is 2.68 bits per heavy atom. The van der Waals surface area contributed by atoms with E-state index in [-0.39, 0.29) is 5.56 Å². The number of hydrogen-bond acceptors (Lipinski definition) is 4. The fourth-order valence-corrected chi connectivity index (χ4v) is 4.24. The molecule has 2 aromatic heterocycles. The number of aliphatic hydroxyl groups is 1. The van der Waals surface area contributed by atoms with E-state index in [1.54, 1.807) is 30.7 Å². The molecule has 1 unspecified atom stereocenters. The number of aliphatic hydroxyl groups excluding tert-OH is 1. The number of aryl methyl sites for hydroxylation is 1. The van der Waals surface area contributed by atoms with Gasteiger partial charge in [0.15, 0.2) is 0 Å². The second-order valence-electron chi connectivity index (χ2n) is 8.38. The number of nitrogens with zero attached hydrogens (tertiary/aromatic N) is 3. The van der Waals surface area contributed by atoms with Crippen LogP contribution in [0.15, 0.2) is 90.1 Å². The number of H-pyrrole nitrogens is 1. The van der Waals surface area contributed by atoms with Gasteiger partial charge >= 0.3 is 0 Å². The molecule has 2 heterocycles. The number of hydrogen-bond donors (Lipinski definition) is 2. The molecule has 0 aliphatic carbocycles. The van der Waals surface area contributed by atoms with E-state index in [2.05, 4.69) is 16.0 Å². The van der Waals surface area contributed by atoms with E-state index in [0.29, 0.717) is 28.9 Å². The van der Waals surface area contributed by atoms with Crippen LogP contribution >= 0.6 is 0 Å². The summed E-state index contributed by atoms with van der Waals surface area (Å²) in [6.07, 6.45) is 2.45. The molecule has 1 atom stereocenters. The number of aromatic nitrogens is 3. The van der Waals surface area contributed by atoms with Crippen molar-refractivity contribution in [1.29, 1.82) is 5.26 Å². The summed E-state index contributed by atoms with van der Waals surface area (Å²) in [7, 11) is 0. The monoisotopic (exact) mass is 446 g/mol. The van der Waals surface area contributed by atoms with Gasteiger partial charge in [-0.05, 0) is 53.4 Å². The summed E-state index contributed by atoms with van der Waals surface area (Å²) in [6.45, 7) is 2.54. The van der Waals surface area contributed by atoms with Crippen molar-refractivity contribution in [3.05, 3.63) is 124 Å². The lowest BCUT2D eigenvalue weighted by Gasteiger charge is -2.16. The van der Waals surface area contributed by atoms with Crippen LogP contribution in [0.25, 0.3) is 22.0 Å². The Morgan fingerprint density at radius 1 is 1.09 bits per heavy atom. The largest absolute Gasteiger partial charge is 0.382 e. The van der Waals surface area contributed by atoms with E-state index < -0.39 is 6.10 Å². The van der Waals surface area contributed by atoms with E-state index in [4.69, 9.17) is 5.26 Å². The minimum Gasteiger partial charge on any atom is -0.382 e. The second-order valence-corrected chi connectivity index (χ2v) is 8.38. The normalized spacial score (nSPS) is 11.9. The Hall–Kier alpha value is -4.47. The molecule has 0 aliphatic heterocycles. The third-order valence-electron chi connectivity index (χ3n) is 5.97. The average Bonchev–Trinajstić information content (AvgIpc) is 3.31. The van der Waals surface area contributed by atoms with Gasteiger partial charge in [-0.1, -0.05) is 48.0 Å². The first kappa shape index (κ1) is 21.4. The number of fused-ring (bicyclic) bond motifs is 1.